The summed E-state index contributed by atoms with van der Waals surface area (Å²) in [6, 6.07) is 10.4. The number of fused-ring (bicyclic) bond motifs is 1. The van der Waals surface area contributed by atoms with Crippen LogP contribution in [0.1, 0.15) is 25.8 Å². The third kappa shape index (κ3) is 2.37. The van der Waals surface area contributed by atoms with Crippen LogP contribution in [0.25, 0.3) is 0 Å². The fourth-order valence-corrected chi connectivity index (χ4v) is 2.59. The molecule has 3 rings (SSSR count). The lowest BCUT2D eigenvalue weighted by atomic mass is 10.1. The molecule has 0 aromatic heterocycles. The molecule has 17 heavy (non-hydrogen) atoms. The van der Waals surface area contributed by atoms with E-state index in [9.17, 15) is 0 Å². The van der Waals surface area contributed by atoms with Gasteiger partial charge in [-0.15, -0.1) is 0 Å². The molecule has 3 nitrogen and oxygen atoms in total. The van der Waals surface area contributed by atoms with Gasteiger partial charge in [-0.2, -0.15) is 0 Å². The Hall–Kier alpha value is -0.900. The first kappa shape index (κ1) is 11.2. The van der Waals surface area contributed by atoms with Crippen molar-refractivity contribution < 1.29 is 14.2 Å². The van der Waals surface area contributed by atoms with E-state index in [4.69, 9.17) is 14.2 Å². The van der Waals surface area contributed by atoms with E-state index in [2.05, 4.69) is 24.3 Å². The van der Waals surface area contributed by atoms with Gasteiger partial charge >= 0.3 is 0 Å². The van der Waals surface area contributed by atoms with Crippen molar-refractivity contribution in [3.63, 3.8) is 0 Å². The van der Waals surface area contributed by atoms with Crippen LogP contribution in [0.3, 0.4) is 0 Å². The number of ether oxygens (including phenoxy) is 3. The summed E-state index contributed by atoms with van der Waals surface area (Å²) < 4.78 is 17.4. The lowest BCUT2D eigenvalue weighted by Gasteiger charge is -2.20. The van der Waals surface area contributed by atoms with E-state index >= 15 is 0 Å². The first-order valence-electron chi connectivity index (χ1n) is 6.17. The maximum atomic E-state index is 5.88. The highest BCUT2D eigenvalue weighted by atomic mass is 16.8. The molecule has 92 valence electrons. The van der Waals surface area contributed by atoms with E-state index in [0.717, 1.165) is 12.8 Å². The van der Waals surface area contributed by atoms with Gasteiger partial charge in [-0.3, -0.25) is 0 Å². The Balaban J connectivity index is 1.60. The average molecular weight is 234 g/mol. The minimum absolute atomic E-state index is 0.0960. The second kappa shape index (κ2) is 4.09. The molecule has 0 bridgehead atoms. The topological polar surface area (TPSA) is 27.7 Å². The van der Waals surface area contributed by atoms with Crippen LogP contribution >= 0.6 is 0 Å². The molecule has 0 aliphatic carbocycles. The molecule has 3 heteroatoms. The summed E-state index contributed by atoms with van der Waals surface area (Å²) in [5.74, 6) is -0.493. The Morgan fingerprint density at radius 3 is 2.65 bits per heavy atom. The van der Waals surface area contributed by atoms with Gasteiger partial charge in [0, 0.05) is 6.42 Å². The van der Waals surface area contributed by atoms with Crippen LogP contribution < -0.4 is 0 Å². The predicted octanol–water partition coefficient (Wildman–Crippen LogP) is 2.50. The first-order valence-corrected chi connectivity index (χ1v) is 6.17. The zero-order chi connectivity index (χ0) is 11.9. The number of rotatable bonds is 2. The average Bonchev–Trinajstić information content (AvgIpc) is 2.72. The maximum absolute atomic E-state index is 5.88. The number of hydrogen-bond acceptors (Lipinski definition) is 3. The SMILES string of the molecule is CC1(C)O[C@H]2O[C@@H](Cc3ccccc3)C[C@H]2O1. The van der Waals surface area contributed by atoms with Gasteiger partial charge in [-0.25, -0.2) is 0 Å². The van der Waals surface area contributed by atoms with Crippen LogP contribution in [0.5, 0.6) is 0 Å². The highest BCUT2D eigenvalue weighted by Crippen LogP contribution is 2.37. The van der Waals surface area contributed by atoms with E-state index in [1.165, 1.54) is 5.56 Å². The van der Waals surface area contributed by atoms with Crippen molar-refractivity contribution in [1.82, 2.24) is 0 Å². The molecule has 0 N–H and O–H groups in total. The lowest BCUT2D eigenvalue weighted by Crippen LogP contribution is -2.25. The second-order valence-corrected chi connectivity index (χ2v) is 5.23. The van der Waals surface area contributed by atoms with Gasteiger partial charge in [0.05, 0.1) is 6.10 Å². The summed E-state index contributed by atoms with van der Waals surface area (Å²) >= 11 is 0. The third-order valence-corrected chi connectivity index (χ3v) is 3.27. The second-order valence-electron chi connectivity index (χ2n) is 5.23. The smallest absolute Gasteiger partial charge is 0.187 e. The van der Waals surface area contributed by atoms with Crippen LogP contribution in [0.2, 0.25) is 0 Å². The van der Waals surface area contributed by atoms with E-state index in [1.807, 2.05) is 19.9 Å². The quantitative estimate of drug-likeness (QED) is 0.787. The molecule has 1 aromatic rings. The molecule has 2 aliphatic rings. The minimum atomic E-state index is -0.493. The molecule has 0 unspecified atom stereocenters. The van der Waals surface area contributed by atoms with Crippen molar-refractivity contribution in [3.8, 4) is 0 Å². The zero-order valence-corrected chi connectivity index (χ0v) is 10.3. The Labute approximate surface area is 102 Å². The third-order valence-electron chi connectivity index (χ3n) is 3.27. The molecular formula is C14H18O3. The molecular weight excluding hydrogens is 216 g/mol. The van der Waals surface area contributed by atoms with Gasteiger partial charge in [0.15, 0.2) is 12.1 Å². The Bertz CT molecular complexity index is 372. The zero-order valence-electron chi connectivity index (χ0n) is 10.3. The van der Waals surface area contributed by atoms with Crippen molar-refractivity contribution in [1.29, 1.82) is 0 Å². The normalized spacial score (nSPS) is 34.8. The number of benzene rings is 1. The summed E-state index contributed by atoms with van der Waals surface area (Å²) in [5, 5.41) is 0. The standard InChI is InChI=1S/C14H18O3/c1-14(2)16-12-9-11(15-13(12)17-14)8-10-6-4-3-5-7-10/h3-7,11-13H,8-9H2,1-2H3/t11-,12+,13+/m0/s1. The summed E-state index contributed by atoms with van der Waals surface area (Å²) in [6.07, 6.45) is 1.98. The van der Waals surface area contributed by atoms with Crippen LogP contribution in [0.4, 0.5) is 0 Å². The Morgan fingerprint density at radius 2 is 1.94 bits per heavy atom. The molecule has 0 radical (unpaired) electrons. The van der Waals surface area contributed by atoms with Gasteiger partial charge in [0.25, 0.3) is 0 Å². The van der Waals surface area contributed by atoms with Crippen LogP contribution in [0, 0.1) is 0 Å². The largest absolute Gasteiger partial charge is 0.346 e. The molecule has 0 amide bonds. The van der Waals surface area contributed by atoms with Gasteiger partial charge in [-0.05, 0) is 25.8 Å². The molecule has 2 aliphatic heterocycles. The van der Waals surface area contributed by atoms with Gasteiger partial charge in [-0.1, -0.05) is 30.3 Å². The van der Waals surface area contributed by atoms with Crippen molar-refractivity contribution >= 4 is 0 Å². The van der Waals surface area contributed by atoms with Gasteiger partial charge in [0.2, 0.25) is 0 Å². The summed E-state index contributed by atoms with van der Waals surface area (Å²) in [6.45, 7) is 3.86. The number of hydrogen-bond donors (Lipinski definition) is 0. The molecule has 2 saturated heterocycles. The van der Waals surface area contributed by atoms with Gasteiger partial charge < -0.3 is 14.2 Å². The van der Waals surface area contributed by atoms with Crippen LogP contribution in [-0.4, -0.2) is 24.3 Å². The fraction of sp³-hybridized carbons (Fsp3) is 0.571. The van der Waals surface area contributed by atoms with Crippen molar-refractivity contribution in [2.45, 2.75) is 51.0 Å². The molecule has 0 spiro atoms. The van der Waals surface area contributed by atoms with E-state index < -0.39 is 5.79 Å². The van der Waals surface area contributed by atoms with E-state index in [-0.39, 0.29) is 18.5 Å². The summed E-state index contributed by atoms with van der Waals surface area (Å²) in [7, 11) is 0. The first-order chi connectivity index (χ1) is 8.12. The summed E-state index contributed by atoms with van der Waals surface area (Å²) in [4.78, 5) is 0. The Morgan fingerprint density at radius 1 is 1.18 bits per heavy atom. The highest BCUT2D eigenvalue weighted by molar-refractivity contribution is 5.16. The van der Waals surface area contributed by atoms with Crippen molar-refractivity contribution in [2.24, 2.45) is 0 Å². The van der Waals surface area contributed by atoms with E-state index in [0.29, 0.717) is 0 Å². The van der Waals surface area contributed by atoms with Gasteiger partial charge in [0.1, 0.15) is 6.10 Å². The molecule has 2 heterocycles. The van der Waals surface area contributed by atoms with Crippen LogP contribution in [-0.2, 0) is 20.6 Å². The van der Waals surface area contributed by atoms with Crippen molar-refractivity contribution in [2.75, 3.05) is 0 Å². The molecule has 2 fully saturated rings. The Kier molecular flexibility index (Phi) is 2.69. The molecule has 3 atom stereocenters. The maximum Gasteiger partial charge on any atom is 0.187 e. The fourth-order valence-electron chi connectivity index (χ4n) is 2.59. The van der Waals surface area contributed by atoms with Crippen LogP contribution in [0.15, 0.2) is 30.3 Å². The molecule has 0 saturated carbocycles. The van der Waals surface area contributed by atoms with E-state index in [1.54, 1.807) is 0 Å². The molecule has 1 aromatic carbocycles. The summed E-state index contributed by atoms with van der Waals surface area (Å²) in [5.41, 5.74) is 1.30. The lowest BCUT2D eigenvalue weighted by molar-refractivity contribution is -0.204. The predicted molar refractivity (Wildman–Crippen MR) is 63.5 cm³/mol. The monoisotopic (exact) mass is 234 g/mol. The highest BCUT2D eigenvalue weighted by Gasteiger charge is 2.48. The van der Waals surface area contributed by atoms with Crippen molar-refractivity contribution in [3.05, 3.63) is 35.9 Å². The minimum Gasteiger partial charge on any atom is -0.346 e.